The van der Waals surface area contributed by atoms with E-state index in [0.29, 0.717) is 11.5 Å². The Bertz CT molecular complexity index is 87.2. The first-order valence-corrected chi connectivity index (χ1v) is 3.69. The van der Waals surface area contributed by atoms with Gasteiger partial charge in [-0.3, -0.25) is 0 Å². The van der Waals surface area contributed by atoms with Gasteiger partial charge in [0.1, 0.15) is 0 Å². The largest absolute Gasteiger partial charge is 0.378 e. The third-order valence-electron chi connectivity index (χ3n) is 1.63. The Hall–Kier alpha value is -0.0400. The van der Waals surface area contributed by atoms with E-state index in [1.54, 1.807) is 0 Å². The molecule has 0 aliphatic carbocycles. The van der Waals surface area contributed by atoms with Crippen LogP contribution in [-0.2, 0) is 4.74 Å². The molecule has 0 N–H and O–H groups in total. The van der Waals surface area contributed by atoms with Crippen molar-refractivity contribution in [2.24, 2.45) is 5.41 Å². The van der Waals surface area contributed by atoms with Crippen LogP contribution in [0.2, 0.25) is 0 Å². The molecule has 1 nitrogen and oxygen atoms in total. The van der Waals surface area contributed by atoms with E-state index in [4.69, 9.17) is 4.74 Å². The molecule has 1 heterocycles. The van der Waals surface area contributed by atoms with Gasteiger partial charge < -0.3 is 4.74 Å². The summed E-state index contributed by atoms with van der Waals surface area (Å²) in [6.07, 6.45) is 3.06. The Morgan fingerprint density at radius 1 is 1.44 bits per heavy atom. The summed E-state index contributed by atoms with van der Waals surface area (Å²) < 4.78 is 5.31. The Labute approximate surface area is 57.4 Å². The average Bonchev–Trinajstić information content (AvgIpc) is 1.53. The molecule has 1 aliphatic heterocycles. The lowest BCUT2D eigenvalue weighted by atomic mass is 9.87. The highest BCUT2D eigenvalue weighted by Crippen LogP contribution is 2.27. The average molecular weight is 128 g/mol. The van der Waals surface area contributed by atoms with E-state index in [9.17, 15) is 0 Å². The zero-order chi connectivity index (χ0) is 6.91. The summed E-state index contributed by atoms with van der Waals surface area (Å²) in [7, 11) is 0. The predicted molar refractivity (Wildman–Crippen MR) is 38.4 cm³/mol. The van der Waals surface area contributed by atoms with E-state index in [1.165, 1.54) is 12.8 Å². The van der Waals surface area contributed by atoms with Crippen LogP contribution < -0.4 is 0 Å². The molecule has 0 amide bonds. The van der Waals surface area contributed by atoms with Crippen molar-refractivity contribution in [3.05, 3.63) is 0 Å². The third-order valence-corrected chi connectivity index (χ3v) is 1.63. The van der Waals surface area contributed by atoms with E-state index < -0.39 is 0 Å². The second-order valence-electron chi connectivity index (χ2n) is 4.05. The molecule has 1 heteroatoms. The number of ether oxygens (including phenoxy) is 1. The maximum absolute atomic E-state index is 5.31. The smallest absolute Gasteiger partial charge is 0.0602 e. The van der Waals surface area contributed by atoms with Crippen LogP contribution in [0.25, 0.3) is 0 Å². The van der Waals surface area contributed by atoms with Gasteiger partial charge in [0.2, 0.25) is 0 Å². The Morgan fingerprint density at radius 3 is 2.11 bits per heavy atom. The monoisotopic (exact) mass is 128 g/mol. The van der Waals surface area contributed by atoms with E-state index >= 15 is 0 Å². The van der Waals surface area contributed by atoms with Gasteiger partial charge in [-0.25, -0.2) is 0 Å². The molecule has 1 saturated heterocycles. The quantitative estimate of drug-likeness (QED) is 0.526. The summed E-state index contributed by atoms with van der Waals surface area (Å²) in [5, 5.41) is 0. The third kappa shape index (κ3) is 2.35. The van der Waals surface area contributed by atoms with Crippen LogP contribution in [-0.4, -0.2) is 12.7 Å². The molecule has 0 unspecified atom stereocenters. The molecule has 0 radical (unpaired) electrons. The van der Waals surface area contributed by atoms with Gasteiger partial charge in [0.15, 0.2) is 0 Å². The topological polar surface area (TPSA) is 9.23 Å². The molecule has 0 bridgehead atoms. The summed E-state index contributed by atoms with van der Waals surface area (Å²) in [5.41, 5.74) is 0.449. The highest BCUT2D eigenvalue weighted by Gasteiger charge is 2.24. The summed E-state index contributed by atoms with van der Waals surface area (Å²) in [6, 6.07) is 0. The van der Waals surface area contributed by atoms with Gasteiger partial charge in [0, 0.05) is 6.61 Å². The summed E-state index contributed by atoms with van der Waals surface area (Å²) in [4.78, 5) is 0. The lowest BCUT2D eigenvalue weighted by Gasteiger charge is -2.32. The van der Waals surface area contributed by atoms with Gasteiger partial charge >= 0.3 is 0 Å². The van der Waals surface area contributed by atoms with Crippen LogP contribution in [0.4, 0.5) is 0 Å². The van der Waals surface area contributed by atoms with Crippen molar-refractivity contribution in [2.75, 3.05) is 6.61 Å². The standard InChI is InChI=1S/C8H16O/c1-8(2,3)6-7-4-5-9-7/h7H,4-6H2,1-3H3/t7-/m1/s1. The van der Waals surface area contributed by atoms with E-state index in [1.807, 2.05) is 0 Å². The number of hydrogen-bond donors (Lipinski definition) is 0. The Balaban J connectivity index is 2.16. The number of rotatable bonds is 1. The number of hydrogen-bond acceptors (Lipinski definition) is 1. The minimum Gasteiger partial charge on any atom is -0.378 e. The van der Waals surface area contributed by atoms with Crippen LogP contribution in [0.5, 0.6) is 0 Å². The van der Waals surface area contributed by atoms with Crippen LogP contribution in [0.15, 0.2) is 0 Å². The fraction of sp³-hybridized carbons (Fsp3) is 1.00. The van der Waals surface area contributed by atoms with Crippen molar-refractivity contribution >= 4 is 0 Å². The Kier molecular flexibility index (Phi) is 1.80. The van der Waals surface area contributed by atoms with Gasteiger partial charge in [-0.15, -0.1) is 0 Å². The summed E-state index contributed by atoms with van der Waals surface area (Å²) in [6.45, 7) is 7.76. The molecule has 0 spiro atoms. The zero-order valence-electron chi connectivity index (χ0n) is 6.61. The second-order valence-corrected chi connectivity index (χ2v) is 4.05. The molecule has 0 saturated carbocycles. The van der Waals surface area contributed by atoms with Crippen molar-refractivity contribution in [3.63, 3.8) is 0 Å². The first-order chi connectivity index (χ1) is 4.08. The molecule has 1 rings (SSSR count). The molecule has 0 aromatic rings. The normalized spacial score (nSPS) is 27.7. The first-order valence-electron chi connectivity index (χ1n) is 3.69. The highest BCUT2D eigenvalue weighted by atomic mass is 16.5. The van der Waals surface area contributed by atoms with Crippen molar-refractivity contribution in [1.82, 2.24) is 0 Å². The Morgan fingerprint density at radius 2 is 2.00 bits per heavy atom. The molecular weight excluding hydrogens is 112 g/mol. The first kappa shape index (κ1) is 7.07. The van der Waals surface area contributed by atoms with Crippen LogP contribution in [0.3, 0.4) is 0 Å². The maximum atomic E-state index is 5.31. The van der Waals surface area contributed by atoms with E-state index in [2.05, 4.69) is 20.8 Å². The molecular formula is C8H16O. The minimum atomic E-state index is 0.449. The van der Waals surface area contributed by atoms with Gasteiger partial charge in [0.05, 0.1) is 6.10 Å². The summed E-state index contributed by atoms with van der Waals surface area (Å²) >= 11 is 0. The van der Waals surface area contributed by atoms with Crippen molar-refractivity contribution in [2.45, 2.75) is 39.7 Å². The minimum absolute atomic E-state index is 0.449. The van der Waals surface area contributed by atoms with Crippen molar-refractivity contribution in [1.29, 1.82) is 0 Å². The van der Waals surface area contributed by atoms with Gasteiger partial charge in [-0.05, 0) is 18.3 Å². The predicted octanol–water partition coefficient (Wildman–Crippen LogP) is 2.21. The maximum Gasteiger partial charge on any atom is 0.0602 e. The van der Waals surface area contributed by atoms with Crippen LogP contribution >= 0.6 is 0 Å². The van der Waals surface area contributed by atoms with Gasteiger partial charge in [0.25, 0.3) is 0 Å². The lowest BCUT2D eigenvalue weighted by Crippen LogP contribution is -2.30. The molecule has 1 aliphatic rings. The van der Waals surface area contributed by atoms with Crippen LogP contribution in [0, 0.1) is 5.41 Å². The van der Waals surface area contributed by atoms with Gasteiger partial charge in [-0.1, -0.05) is 20.8 Å². The molecule has 0 aromatic heterocycles. The van der Waals surface area contributed by atoms with E-state index in [-0.39, 0.29) is 0 Å². The lowest BCUT2D eigenvalue weighted by molar-refractivity contribution is -0.0697. The fourth-order valence-corrected chi connectivity index (χ4v) is 1.13. The molecule has 9 heavy (non-hydrogen) atoms. The van der Waals surface area contributed by atoms with Crippen LogP contribution in [0.1, 0.15) is 33.6 Å². The highest BCUT2D eigenvalue weighted by molar-refractivity contribution is 4.73. The summed E-state index contributed by atoms with van der Waals surface area (Å²) in [5.74, 6) is 0. The SMILES string of the molecule is CC(C)(C)C[C@H]1CCO1. The molecule has 54 valence electrons. The van der Waals surface area contributed by atoms with E-state index in [0.717, 1.165) is 6.61 Å². The molecule has 0 aromatic carbocycles. The second kappa shape index (κ2) is 2.30. The van der Waals surface area contributed by atoms with Crippen molar-refractivity contribution < 1.29 is 4.74 Å². The molecule has 1 fully saturated rings. The van der Waals surface area contributed by atoms with Crippen molar-refractivity contribution in [3.8, 4) is 0 Å². The fourth-order valence-electron chi connectivity index (χ4n) is 1.13. The molecule has 1 atom stereocenters. The van der Waals surface area contributed by atoms with Gasteiger partial charge in [-0.2, -0.15) is 0 Å². The zero-order valence-corrected chi connectivity index (χ0v) is 6.61.